The van der Waals surface area contributed by atoms with Gasteiger partial charge in [0.1, 0.15) is 17.2 Å². The van der Waals surface area contributed by atoms with Gasteiger partial charge < -0.3 is 0 Å². The number of hydrogen-bond donors (Lipinski definition) is 0. The Labute approximate surface area is 183 Å². The second kappa shape index (κ2) is 9.99. The average Bonchev–Trinajstić information content (AvgIpc) is 2.83. The van der Waals surface area contributed by atoms with Gasteiger partial charge in [-0.2, -0.15) is 0 Å². The van der Waals surface area contributed by atoms with Gasteiger partial charge >= 0.3 is 0 Å². The van der Waals surface area contributed by atoms with E-state index in [1.807, 2.05) is 36.4 Å². The third kappa shape index (κ3) is 5.35. The van der Waals surface area contributed by atoms with Crippen LogP contribution in [0.4, 0.5) is 4.39 Å². The molecule has 0 atom stereocenters. The summed E-state index contributed by atoms with van der Waals surface area (Å²) in [7, 11) is 0. The zero-order valence-corrected chi connectivity index (χ0v) is 17.3. The van der Waals surface area contributed by atoms with Crippen molar-refractivity contribution in [2.75, 3.05) is 5.75 Å². The number of nitrogens with zero attached hydrogens (tertiary/aromatic N) is 5. The van der Waals surface area contributed by atoms with E-state index in [-0.39, 0.29) is 11.6 Å². The molecule has 0 N–H and O–H groups in total. The summed E-state index contributed by atoms with van der Waals surface area (Å²) in [6, 6.07) is 16.8. The third-order valence-corrected chi connectivity index (χ3v) is 5.35. The van der Waals surface area contributed by atoms with Crippen LogP contribution >= 0.6 is 11.8 Å². The fraction of sp³-hybridized carbons (Fsp3) is 0.130. The minimum Gasteiger partial charge on any atom is -0.294 e. The van der Waals surface area contributed by atoms with Crippen molar-refractivity contribution < 1.29 is 9.18 Å². The molecule has 4 aromatic rings. The number of hydrogen-bond acceptors (Lipinski definition) is 7. The predicted molar refractivity (Wildman–Crippen MR) is 117 cm³/mol. The molecule has 0 radical (unpaired) electrons. The summed E-state index contributed by atoms with van der Waals surface area (Å²) in [5.41, 5.74) is 3.05. The van der Waals surface area contributed by atoms with Crippen molar-refractivity contribution in [2.45, 2.75) is 18.0 Å². The Morgan fingerprint density at radius 2 is 1.52 bits per heavy atom. The van der Waals surface area contributed by atoms with Gasteiger partial charge in [-0.3, -0.25) is 14.8 Å². The van der Waals surface area contributed by atoms with Crippen LogP contribution in [0.15, 0.2) is 78.2 Å². The minimum absolute atomic E-state index is 0.0145. The number of Topliss-reactive ketones (excluding diaryl/α,β-unsaturated/α-hetero) is 1. The molecule has 0 unspecified atom stereocenters. The molecular formula is C23H18FN5OS. The van der Waals surface area contributed by atoms with Crippen LogP contribution in [0.1, 0.15) is 23.2 Å². The first-order valence-electron chi connectivity index (χ1n) is 9.70. The molecule has 8 heteroatoms. The van der Waals surface area contributed by atoms with Crippen LogP contribution in [-0.2, 0) is 0 Å². The first-order valence-corrected chi connectivity index (χ1v) is 10.7. The molecular weight excluding hydrogens is 413 g/mol. The van der Waals surface area contributed by atoms with E-state index in [0.717, 1.165) is 0 Å². The lowest BCUT2D eigenvalue weighted by Crippen LogP contribution is -2.02. The van der Waals surface area contributed by atoms with Crippen molar-refractivity contribution in [1.29, 1.82) is 0 Å². The molecule has 154 valence electrons. The Morgan fingerprint density at radius 1 is 0.839 bits per heavy atom. The normalized spacial score (nSPS) is 10.7. The summed E-state index contributed by atoms with van der Waals surface area (Å²) in [6.07, 6.45) is 4.41. The second-order valence-corrected chi connectivity index (χ2v) is 7.67. The minimum atomic E-state index is -0.352. The Morgan fingerprint density at radius 3 is 2.16 bits per heavy atom. The van der Waals surface area contributed by atoms with Crippen molar-refractivity contribution in [1.82, 2.24) is 25.1 Å². The summed E-state index contributed by atoms with van der Waals surface area (Å²) >= 11 is 1.43. The van der Waals surface area contributed by atoms with Gasteiger partial charge in [0.05, 0.1) is 11.4 Å². The van der Waals surface area contributed by atoms with Crippen molar-refractivity contribution >= 4 is 17.5 Å². The van der Waals surface area contributed by atoms with Gasteiger partial charge in [0.15, 0.2) is 5.78 Å². The lowest BCUT2D eigenvalue weighted by molar-refractivity contribution is 0.0982. The van der Waals surface area contributed by atoms with Crippen molar-refractivity contribution in [3.8, 4) is 22.8 Å². The van der Waals surface area contributed by atoms with E-state index >= 15 is 0 Å². The molecule has 0 saturated heterocycles. The predicted octanol–water partition coefficient (Wildman–Crippen LogP) is 4.89. The summed E-state index contributed by atoms with van der Waals surface area (Å²) in [5, 5.41) is 9.10. The molecule has 1 aromatic carbocycles. The number of pyridine rings is 2. The van der Waals surface area contributed by atoms with E-state index < -0.39 is 0 Å². The lowest BCUT2D eigenvalue weighted by Gasteiger charge is -2.08. The Kier molecular flexibility index (Phi) is 6.68. The quantitative estimate of drug-likeness (QED) is 0.223. The molecule has 4 rings (SSSR count). The highest BCUT2D eigenvalue weighted by molar-refractivity contribution is 7.99. The van der Waals surface area contributed by atoms with Crippen LogP contribution in [0.3, 0.4) is 0 Å². The molecule has 0 aliphatic rings. The molecule has 3 aromatic heterocycles. The monoisotopic (exact) mass is 431 g/mol. The largest absolute Gasteiger partial charge is 0.294 e. The van der Waals surface area contributed by atoms with Gasteiger partial charge in [0, 0.05) is 30.1 Å². The second-order valence-electron chi connectivity index (χ2n) is 6.60. The van der Waals surface area contributed by atoms with Gasteiger partial charge in [-0.1, -0.05) is 23.9 Å². The Balaban J connectivity index is 1.45. The number of benzene rings is 1. The molecule has 0 spiro atoms. The van der Waals surface area contributed by atoms with E-state index in [0.29, 0.717) is 52.1 Å². The Hall–Kier alpha value is -3.52. The number of ketones is 1. The summed E-state index contributed by atoms with van der Waals surface area (Å²) in [6.45, 7) is 0. The molecule has 3 heterocycles. The number of carbonyl (C=O) groups excluding carboxylic acids is 1. The lowest BCUT2D eigenvalue weighted by atomic mass is 10.1. The van der Waals surface area contributed by atoms with Gasteiger partial charge in [-0.05, 0) is 55.0 Å². The molecule has 6 nitrogen and oxygen atoms in total. The number of thioether (sulfide) groups is 1. The fourth-order valence-electron chi connectivity index (χ4n) is 2.91. The summed E-state index contributed by atoms with van der Waals surface area (Å²) in [4.78, 5) is 25.6. The zero-order chi connectivity index (χ0) is 21.5. The van der Waals surface area contributed by atoms with Gasteiger partial charge in [0.2, 0.25) is 5.16 Å². The maximum absolute atomic E-state index is 13.0. The Bertz CT molecular complexity index is 1160. The number of rotatable bonds is 8. The first-order chi connectivity index (χ1) is 15.2. The van der Waals surface area contributed by atoms with Crippen LogP contribution in [0.5, 0.6) is 0 Å². The molecule has 31 heavy (non-hydrogen) atoms. The van der Waals surface area contributed by atoms with E-state index in [1.165, 1.54) is 36.0 Å². The molecule has 0 aliphatic heterocycles. The highest BCUT2D eigenvalue weighted by atomic mass is 32.2. The van der Waals surface area contributed by atoms with Gasteiger partial charge in [-0.25, -0.2) is 9.37 Å². The number of halogens is 1. The maximum Gasteiger partial charge on any atom is 0.209 e. The SMILES string of the molecule is O=C(CCCSc1nnc(-c2ccccn2)c(-c2ccccn2)n1)c1ccc(F)cc1. The molecule has 0 amide bonds. The standard InChI is InChI=1S/C23H18FN5OS/c24-17-11-9-16(10-12-17)20(30)8-5-15-31-23-27-21(18-6-1-3-13-25-18)22(28-29-23)19-7-2-4-14-26-19/h1-4,6-7,9-14H,5,8,15H2. The van der Waals surface area contributed by atoms with Crippen LogP contribution in [-0.4, -0.2) is 36.7 Å². The maximum atomic E-state index is 13.0. The number of aromatic nitrogens is 5. The van der Waals surface area contributed by atoms with E-state index in [1.54, 1.807) is 12.4 Å². The molecule has 0 saturated carbocycles. The first kappa shape index (κ1) is 20.7. The van der Waals surface area contributed by atoms with E-state index in [4.69, 9.17) is 0 Å². The third-order valence-electron chi connectivity index (χ3n) is 4.43. The van der Waals surface area contributed by atoms with Crippen molar-refractivity contribution in [2.24, 2.45) is 0 Å². The highest BCUT2D eigenvalue weighted by Crippen LogP contribution is 2.27. The summed E-state index contributed by atoms with van der Waals surface area (Å²) in [5.74, 6) is 0.285. The highest BCUT2D eigenvalue weighted by Gasteiger charge is 2.15. The van der Waals surface area contributed by atoms with Crippen LogP contribution in [0, 0.1) is 5.82 Å². The van der Waals surface area contributed by atoms with Crippen molar-refractivity contribution in [3.05, 3.63) is 84.4 Å². The van der Waals surface area contributed by atoms with Crippen LogP contribution in [0.2, 0.25) is 0 Å². The van der Waals surface area contributed by atoms with E-state index in [2.05, 4.69) is 25.1 Å². The molecule has 0 fully saturated rings. The van der Waals surface area contributed by atoms with Crippen LogP contribution < -0.4 is 0 Å². The van der Waals surface area contributed by atoms with Crippen molar-refractivity contribution in [3.63, 3.8) is 0 Å². The number of carbonyl (C=O) groups is 1. The van der Waals surface area contributed by atoms with Crippen LogP contribution in [0.25, 0.3) is 22.8 Å². The van der Waals surface area contributed by atoms with Gasteiger partial charge in [-0.15, -0.1) is 10.2 Å². The van der Waals surface area contributed by atoms with Gasteiger partial charge in [0.25, 0.3) is 0 Å². The summed E-state index contributed by atoms with van der Waals surface area (Å²) < 4.78 is 13.0. The van der Waals surface area contributed by atoms with E-state index in [9.17, 15) is 9.18 Å². The molecule has 0 aliphatic carbocycles. The zero-order valence-electron chi connectivity index (χ0n) is 16.5. The smallest absolute Gasteiger partial charge is 0.209 e. The molecule has 0 bridgehead atoms. The topological polar surface area (TPSA) is 81.5 Å². The average molecular weight is 431 g/mol. The fourth-order valence-corrected chi connectivity index (χ4v) is 3.63.